The van der Waals surface area contributed by atoms with Gasteiger partial charge in [0.25, 0.3) is 10.0 Å². The smallest absolute Gasteiger partial charge is 0.268 e. The Labute approximate surface area is 134 Å². The van der Waals surface area contributed by atoms with Crippen LogP contribution in [0.25, 0.3) is 0 Å². The first-order chi connectivity index (χ1) is 11.3. The number of pyridine rings is 1. The molecule has 1 fully saturated rings. The summed E-state index contributed by atoms with van der Waals surface area (Å²) >= 11 is 0. The maximum Gasteiger partial charge on any atom is 0.268 e. The Hall–Kier alpha value is -2.36. The molecule has 10 heteroatoms. The van der Waals surface area contributed by atoms with Crippen molar-refractivity contribution in [1.29, 1.82) is 0 Å². The molecule has 0 atom stereocenters. The van der Waals surface area contributed by atoms with E-state index in [1.54, 1.807) is 0 Å². The largest absolute Gasteiger partial charge is 0.486 e. The molecule has 0 spiro atoms. The van der Waals surface area contributed by atoms with Crippen LogP contribution in [0.4, 0.5) is 23.2 Å². The number of halogens is 4. The van der Waals surface area contributed by atoms with Crippen molar-refractivity contribution in [1.82, 2.24) is 4.98 Å². The van der Waals surface area contributed by atoms with Crippen LogP contribution in [-0.4, -0.2) is 19.5 Å². The number of aromatic nitrogens is 1. The summed E-state index contributed by atoms with van der Waals surface area (Å²) in [6, 6.07) is 2.49. The lowest BCUT2D eigenvalue weighted by Crippen LogP contribution is -2.19. The van der Waals surface area contributed by atoms with Crippen LogP contribution in [0, 0.1) is 23.3 Å². The molecule has 0 bridgehead atoms. The predicted molar refractivity (Wildman–Crippen MR) is 75.0 cm³/mol. The minimum absolute atomic E-state index is 0.0214. The molecule has 0 radical (unpaired) electrons. The van der Waals surface area contributed by atoms with Gasteiger partial charge in [-0.1, -0.05) is 0 Å². The summed E-state index contributed by atoms with van der Waals surface area (Å²) in [5.74, 6) is -9.48. The molecule has 0 saturated heterocycles. The van der Waals surface area contributed by atoms with Crippen LogP contribution in [0.5, 0.6) is 5.75 Å². The number of benzene rings is 1. The number of nitrogens with one attached hydrogen (secondary N) is 1. The Morgan fingerprint density at radius 1 is 1.00 bits per heavy atom. The zero-order valence-electron chi connectivity index (χ0n) is 11.9. The summed E-state index contributed by atoms with van der Waals surface area (Å²) < 4.78 is 86.6. The maximum atomic E-state index is 14.1. The molecule has 24 heavy (non-hydrogen) atoms. The van der Waals surface area contributed by atoms with Gasteiger partial charge in [0.05, 0.1) is 11.8 Å². The average molecular weight is 362 g/mol. The standard InChI is InChI=1S/C14H10F4N2O3S/c15-9-10(16)12(18)14(13(11(9)17)23-8-1-2-8)24(21,22)20-7-3-5-19-6-4-7/h3-6,8H,1-2H2,(H,19,20). The van der Waals surface area contributed by atoms with E-state index in [-0.39, 0.29) is 5.69 Å². The van der Waals surface area contributed by atoms with Crippen LogP contribution in [0.2, 0.25) is 0 Å². The van der Waals surface area contributed by atoms with Gasteiger partial charge in [0.2, 0.25) is 11.6 Å². The van der Waals surface area contributed by atoms with Crippen molar-refractivity contribution in [3.8, 4) is 5.75 Å². The fraction of sp³-hybridized carbons (Fsp3) is 0.214. The van der Waals surface area contributed by atoms with Crippen molar-refractivity contribution < 1.29 is 30.7 Å². The SMILES string of the molecule is O=S(=O)(Nc1ccncc1)c1c(F)c(F)c(F)c(F)c1OC1CC1. The average Bonchev–Trinajstić information content (AvgIpc) is 3.35. The van der Waals surface area contributed by atoms with Gasteiger partial charge in [-0.3, -0.25) is 9.71 Å². The minimum Gasteiger partial charge on any atom is -0.486 e. The van der Waals surface area contributed by atoms with E-state index in [1.807, 2.05) is 4.72 Å². The Balaban J connectivity index is 2.14. The van der Waals surface area contributed by atoms with E-state index < -0.39 is 50.0 Å². The van der Waals surface area contributed by atoms with Crippen molar-refractivity contribution in [3.05, 3.63) is 47.8 Å². The Morgan fingerprint density at radius 2 is 1.58 bits per heavy atom. The van der Waals surface area contributed by atoms with Gasteiger partial charge in [0, 0.05) is 12.4 Å². The van der Waals surface area contributed by atoms with Gasteiger partial charge in [0.15, 0.2) is 22.3 Å². The fourth-order valence-corrected chi connectivity index (χ4v) is 3.17. The summed E-state index contributed by atoms with van der Waals surface area (Å²) in [5, 5.41) is 0. The number of rotatable bonds is 5. The zero-order chi connectivity index (χ0) is 17.5. The first-order valence-electron chi connectivity index (χ1n) is 6.76. The monoisotopic (exact) mass is 362 g/mol. The molecule has 5 nitrogen and oxygen atoms in total. The van der Waals surface area contributed by atoms with Crippen molar-refractivity contribution in [3.63, 3.8) is 0 Å². The lowest BCUT2D eigenvalue weighted by atomic mass is 10.3. The molecule has 1 aliphatic carbocycles. The molecule has 1 aromatic carbocycles. The van der Waals surface area contributed by atoms with Crippen molar-refractivity contribution in [2.45, 2.75) is 23.8 Å². The van der Waals surface area contributed by atoms with E-state index in [0.29, 0.717) is 12.8 Å². The molecule has 1 N–H and O–H groups in total. The Kier molecular flexibility index (Phi) is 4.08. The van der Waals surface area contributed by atoms with Crippen LogP contribution in [-0.2, 0) is 10.0 Å². The highest BCUT2D eigenvalue weighted by atomic mass is 32.2. The van der Waals surface area contributed by atoms with Crippen LogP contribution >= 0.6 is 0 Å². The van der Waals surface area contributed by atoms with Gasteiger partial charge in [-0.15, -0.1) is 0 Å². The molecular weight excluding hydrogens is 352 g/mol. The van der Waals surface area contributed by atoms with Crippen LogP contribution in [0.3, 0.4) is 0 Å². The van der Waals surface area contributed by atoms with Crippen molar-refractivity contribution in [2.24, 2.45) is 0 Å². The second-order valence-corrected chi connectivity index (χ2v) is 6.69. The first-order valence-corrected chi connectivity index (χ1v) is 8.25. The molecule has 1 heterocycles. The van der Waals surface area contributed by atoms with Gasteiger partial charge in [0.1, 0.15) is 0 Å². The van der Waals surface area contributed by atoms with E-state index in [0.717, 1.165) is 0 Å². The highest BCUT2D eigenvalue weighted by Crippen LogP contribution is 2.38. The van der Waals surface area contributed by atoms with E-state index >= 15 is 0 Å². The van der Waals surface area contributed by atoms with Crippen molar-refractivity contribution >= 4 is 15.7 Å². The summed E-state index contributed by atoms with van der Waals surface area (Å²) in [7, 11) is -4.78. The van der Waals surface area contributed by atoms with Crippen LogP contribution in [0.15, 0.2) is 29.4 Å². The molecular formula is C14H10F4N2O3S. The van der Waals surface area contributed by atoms with Gasteiger partial charge in [-0.05, 0) is 25.0 Å². The molecule has 3 rings (SSSR count). The molecule has 1 saturated carbocycles. The third kappa shape index (κ3) is 3.01. The van der Waals surface area contributed by atoms with E-state index in [4.69, 9.17) is 4.74 Å². The summed E-state index contributed by atoms with van der Waals surface area (Å²) in [6.45, 7) is 0. The highest BCUT2D eigenvalue weighted by Gasteiger charge is 2.37. The molecule has 128 valence electrons. The molecule has 0 aliphatic heterocycles. The molecule has 1 aliphatic rings. The number of ether oxygens (including phenoxy) is 1. The van der Waals surface area contributed by atoms with E-state index in [1.165, 1.54) is 24.5 Å². The first kappa shape index (κ1) is 16.5. The van der Waals surface area contributed by atoms with Crippen LogP contribution in [0.1, 0.15) is 12.8 Å². The third-order valence-electron chi connectivity index (χ3n) is 3.19. The molecule has 0 unspecified atom stereocenters. The van der Waals surface area contributed by atoms with E-state index in [2.05, 4.69) is 4.98 Å². The predicted octanol–water partition coefficient (Wildman–Crippen LogP) is 2.98. The van der Waals surface area contributed by atoms with E-state index in [9.17, 15) is 26.0 Å². The van der Waals surface area contributed by atoms with Gasteiger partial charge in [-0.25, -0.2) is 21.6 Å². The van der Waals surface area contributed by atoms with Gasteiger partial charge < -0.3 is 4.74 Å². The molecule has 2 aromatic rings. The maximum absolute atomic E-state index is 14.1. The normalized spacial score (nSPS) is 14.5. The summed E-state index contributed by atoms with van der Waals surface area (Å²) in [6.07, 6.45) is 2.87. The van der Waals surface area contributed by atoms with Crippen molar-refractivity contribution in [2.75, 3.05) is 4.72 Å². The van der Waals surface area contributed by atoms with Gasteiger partial charge >= 0.3 is 0 Å². The zero-order valence-corrected chi connectivity index (χ0v) is 12.7. The number of anilines is 1. The number of hydrogen-bond acceptors (Lipinski definition) is 4. The summed E-state index contributed by atoms with van der Waals surface area (Å²) in [4.78, 5) is 2.25. The fourth-order valence-electron chi connectivity index (χ4n) is 1.92. The lowest BCUT2D eigenvalue weighted by molar-refractivity contribution is 0.262. The number of sulfonamides is 1. The third-order valence-corrected chi connectivity index (χ3v) is 4.60. The Morgan fingerprint density at radius 3 is 2.17 bits per heavy atom. The second-order valence-electron chi connectivity index (χ2n) is 5.07. The van der Waals surface area contributed by atoms with Gasteiger partial charge in [-0.2, -0.15) is 4.39 Å². The topological polar surface area (TPSA) is 68.3 Å². The lowest BCUT2D eigenvalue weighted by Gasteiger charge is -2.15. The number of nitrogens with zero attached hydrogens (tertiary/aromatic N) is 1. The highest BCUT2D eigenvalue weighted by molar-refractivity contribution is 7.92. The molecule has 0 amide bonds. The van der Waals surface area contributed by atoms with Crippen LogP contribution < -0.4 is 9.46 Å². The summed E-state index contributed by atoms with van der Waals surface area (Å²) in [5.41, 5.74) is -0.0214. The Bertz CT molecular complexity index is 887. The quantitative estimate of drug-likeness (QED) is 0.504. The second kappa shape index (κ2) is 5.93. The minimum atomic E-state index is -4.78. The number of hydrogen-bond donors (Lipinski definition) is 1. The molecule has 1 aromatic heterocycles.